The predicted octanol–water partition coefficient (Wildman–Crippen LogP) is 3.83. The first kappa shape index (κ1) is 25.5. The van der Waals surface area contributed by atoms with E-state index >= 15 is 0 Å². The maximum atomic E-state index is 13.4. The SMILES string of the molecule is CC1(O)CN(C(=O)c2cncc(Br)c2)C[C@@H]1Nc1c(C(=O)N2CCCCC2)cc(Br)cc1[N+](=O)[O-]. The third-order valence-corrected chi connectivity index (χ3v) is 7.27. The summed E-state index contributed by atoms with van der Waals surface area (Å²) in [6.07, 6.45) is 5.80. The highest BCUT2D eigenvalue weighted by atomic mass is 79.9. The number of nitro groups is 1. The van der Waals surface area contributed by atoms with Crippen molar-refractivity contribution in [2.75, 3.05) is 31.5 Å². The summed E-state index contributed by atoms with van der Waals surface area (Å²) in [5.74, 6) is -0.624. The second-order valence-electron chi connectivity index (χ2n) is 9.09. The Morgan fingerprint density at radius 2 is 1.83 bits per heavy atom. The molecule has 2 N–H and O–H groups in total. The molecule has 2 atom stereocenters. The third kappa shape index (κ3) is 5.49. The number of nitrogens with zero attached hydrogens (tertiary/aromatic N) is 4. The number of anilines is 1. The van der Waals surface area contributed by atoms with Crippen molar-refractivity contribution in [3.63, 3.8) is 0 Å². The summed E-state index contributed by atoms with van der Waals surface area (Å²) in [5, 5.41) is 26.1. The number of nitrogens with one attached hydrogen (secondary N) is 1. The molecule has 0 saturated carbocycles. The van der Waals surface area contributed by atoms with Crippen molar-refractivity contribution in [3.8, 4) is 0 Å². The second-order valence-corrected chi connectivity index (χ2v) is 10.9. The third-order valence-electron chi connectivity index (χ3n) is 6.37. The molecule has 1 aromatic carbocycles. The van der Waals surface area contributed by atoms with E-state index in [1.165, 1.54) is 17.2 Å². The fourth-order valence-electron chi connectivity index (χ4n) is 4.54. The molecule has 10 nitrogen and oxygen atoms in total. The van der Waals surface area contributed by atoms with Crippen molar-refractivity contribution >= 4 is 55.0 Å². The lowest BCUT2D eigenvalue weighted by atomic mass is 9.99. The van der Waals surface area contributed by atoms with E-state index < -0.39 is 16.6 Å². The van der Waals surface area contributed by atoms with E-state index in [1.54, 1.807) is 30.2 Å². The number of pyridine rings is 1. The number of likely N-dealkylation sites (tertiary alicyclic amines) is 2. The summed E-state index contributed by atoms with van der Waals surface area (Å²) in [6.45, 7) is 2.83. The summed E-state index contributed by atoms with van der Waals surface area (Å²) >= 11 is 6.59. The Morgan fingerprint density at radius 3 is 2.49 bits per heavy atom. The quantitative estimate of drug-likeness (QED) is 0.389. The molecule has 2 aliphatic heterocycles. The van der Waals surface area contributed by atoms with Crippen LogP contribution in [0.25, 0.3) is 0 Å². The zero-order chi connectivity index (χ0) is 25.3. The standard InChI is InChI=1S/C23H25Br2N5O5/c1-23(33)13-29(21(31)14-7-16(25)11-26-10-14)12-19(23)27-20-17(8-15(24)9-18(20)30(34)35)22(32)28-5-3-2-4-6-28/h7-11,19,27,33H,2-6,12-13H2,1H3/t19-,23?/m0/s1. The van der Waals surface area contributed by atoms with Crippen LogP contribution in [-0.2, 0) is 0 Å². The molecular formula is C23H25Br2N5O5. The van der Waals surface area contributed by atoms with Gasteiger partial charge in [0.05, 0.1) is 28.6 Å². The van der Waals surface area contributed by atoms with Crippen LogP contribution in [-0.4, -0.2) is 74.4 Å². The Bertz CT molecular complexity index is 1170. The number of rotatable bonds is 5. The lowest BCUT2D eigenvalue weighted by Crippen LogP contribution is -2.44. The predicted molar refractivity (Wildman–Crippen MR) is 136 cm³/mol. The van der Waals surface area contributed by atoms with Crippen LogP contribution in [0, 0.1) is 10.1 Å². The van der Waals surface area contributed by atoms with E-state index in [-0.39, 0.29) is 41.8 Å². The van der Waals surface area contributed by atoms with Gasteiger partial charge in [0.1, 0.15) is 11.3 Å². The van der Waals surface area contributed by atoms with E-state index in [0.29, 0.717) is 27.6 Å². The number of carbonyl (C=O) groups is 2. The molecule has 2 amide bonds. The Kier molecular flexibility index (Phi) is 7.43. The van der Waals surface area contributed by atoms with E-state index in [2.05, 4.69) is 42.2 Å². The van der Waals surface area contributed by atoms with Gasteiger partial charge in [-0.15, -0.1) is 0 Å². The minimum atomic E-state index is -1.40. The topological polar surface area (TPSA) is 129 Å². The summed E-state index contributed by atoms with van der Waals surface area (Å²) < 4.78 is 1.06. The van der Waals surface area contributed by atoms with Crippen LogP contribution in [0.3, 0.4) is 0 Å². The largest absolute Gasteiger partial charge is 0.386 e. The van der Waals surface area contributed by atoms with Gasteiger partial charge in [-0.25, -0.2) is 0 Å². The average Bonchev–Trinajstić information content (AvgIpc) is 3.13. The molecule has 0 spiro atoms. The first-order chi connectivity index (χ1) is 16.6. The van der Waals surface area contributed by atoms with Gasteiger partial charge in [-0.2, -0.15) is 0 Å². The first-order valence-electron chi connectivity index (χ1n) is 11.2. The number of hydrogen-bond donors (Lipinski definition) is 2. The van der Waals surface area contributed by atoms with Crippen LogP contribution in [0.15, 0.2) is 39.5 Å². The van der Waals surface area contributed by atoms with Gasteiger partial charge in [-0.05, 0) is 54.2 Å². The number of hydrogen-bond acceptors (Lipinski definition) is 7. The maximum Gasteiger partial charge on any atom is 0.294 e. The first-order valence-corrected chi connectivity index (χ1v) is 12.8. The number of piperidine rings is 1. The number of nitro benzene ring substituents is 1. The van der Waals surface area contributed by atoms with Crippen LogP contribution in [0.1, 0.15) is 46.9 Å². The Morgan fingerprint density at radius 1 is 1.11 bits per heavy atom. The van der Waals surface area contributed by atoms with E-state index in [4.69, 9.17) is 0 Å². The van der Waals surface area contributed by atoms with Crippen molar-refractivity contribution in [3.05, 3.63) is 60.8 Å². The molecule has 186 valence electrons. The van der Waals surface area contributed by atoms with Gasteiger partial charge in [0.15, 0.2) is 0 Å². The molecule has 0 aliphatic carbocycles. The summed E-state index contributed by atoms with van der Waals surface area (Å²) in [7, 11) is 0. The lowest BCUT2D eigenvalue weighted by molar-refractivity contribution is -0.384. The van der Waals surface area contributed by atoms with Gasteiger partial charge >= 0.3 is 0 Å². The van der Waals surface area contributed by atoms with E-state index in [0.717, 1.165) is 19.3 Å². The highest BCUT2D eigenvalue weighted by Crippen LogP contribution is 2.37. The van der Waals surface area contributed by atoms with Crippen molar-refractivity contribution < 1.29 is 19.6 Å². The Balaban J connectivity index is 1.66. The van der Waals surface area contributed by atoms with Gasteiger partial charge in [0, 0.05) is 47.0 Å². The zero-order valence-corrected chi connectivity index (χ0v) is 22.2. The molecule has 35 heavy (non-hydrogen) atoms. The molecule has 1 unspecified atom stereocenters. The molecule has 3 heterocycles. The minimum absolute atomic E-state index is 0.00967. The van der Waals surface area contributed by atoms with Crippen LogP contribution >= 0.6 is 31.9 Å². The second kappa shape index (κ2) is 10.2. The molecular weight excluding hydrogens is 586 g/mol. The summed E-state index contributed by atoms with van der Waals surface area (Å²) in [4.78, 5) is 45.0. The number of aromatic nitrogens is 1. The van der Waals surface area contributed by atoms with Crippen molar-refractivity contribution in [2.24, 2.45) is 0 Å². The van der Waals surface area contributed by atoms with E-state index in [9.17, 15) is 24.8 Å². The highest BCUT2D eigenvalue weighted by Gasteiger charge is 2.45. The normalized spacial score (nSPS) is 22.2. The molecule has 0 radical (unpaired) electrons. The highest BCUT2D eigenvalue weighted by molar-refractivity contribution is 9.10. The molecule has 12 heteroatoms. The summed E-state index contributed by atoms with van der Waals surface area (Å²) in [5.41, 5.74) is -1.13. The van der Waals surface area contributed by atoms with Gasteiger partial charge in [0.2, 0.25) is 0 Å². The Labute approximate surface area is 219 Å². The molecule has 2 aromatic rings. The lowest BCUT2D eigenvalue weighted by Gasteiger charge is -2.29. The van der Waals surface area contributed by atoms with Crippen molar-refractivity contribution in [1.82, 2.24) is 14.8 Å². The molecule has 0 bridgehead atoms. The minimum Gasteiger partial charge on any atom is -0.386 e. The van der Waals surface area contributed by atoms with E-state index in [1.807, 2.05) is 0 Å². The fourth-order valence-corrected chi connectivity index (χ4v) is 5.35. The monoisotopic (exact) mass is 609 g/mol. The van der Waals surface area contributed by atoms with Gasteiger partial charge < -0.3 is 20.2 Å². The Hall–Kier alpha value is -2.57. The fraction of sp³-hybridized carbons (Fsp3) is 0.435. The number of carbonyl (C=O) groups excluding carboxylic acids is 2. The number of halogens is 2. The number of amides is 2. The molecule has 4 rings (SSSR count). The van der Waals surface area contributed by atoms with Gasteiger partial charge in [0.25, 0.3) is 17.5 Å². The summed E-state index contributed by atoms with van der Waals surface area (Å²) in [6, 6.07) is 3.78. The average molecular weight is 611 g/mol. The zero-order valence-electron chi connectivity index (χ0n) is 19.0. The van der Waals surface area contributed by atoms with Crippen molar-refractivity contribution in [2.45, 2.75) is 37.8 Å². The van der Waals surface area contributed by atoms with Crippen molar-refractivity contribution in [1.29, 1.82) is 0 Å². The smallest absolute Gasteiger partial charge is 0.294 e. The number of benzene rings is 1. The molecule has 2 saturated heterocycles. The van der Waals surface area contributed by atoms with Gasteiger partial charge in [-0.3, -0.25) is 24.7 Å². The molecule has 2 fully saturated rings. The van der Waals surface area contributed by atoms with Crippen LogP contribution in [0.5, 0.6) is 0 Å². The van der Waals surface area contributed by atoms with Gasteiger partial charge in [-0.1, -0.05) is 15.9 Å². The van der Waals surface area contributed by atoms with Crippen LogP contribution < -0.4 is 5.32 Å². The number of β-amino-alcohol motifs (C(OH)–C–C–N with tert-alkyl or cyclic N) is 1. The molecule has 1 aromatic heterocycles. The van der Waals surface area contributed by atoms with Crippen LogP contribution in [0.4, 0.5) is 11.4 Å². The molecule has 2 aliphatic rings. The maximum absolute atomic E-state index is 13.4. The number of aliphatic hydroxyl groups is 1. The van der Waals surface area contributed by atoms with Crippen LogP contribution in [0.2, 0.25) is 0 Å².